The number of urea groups is 1. The van der Waals surface area contributed by atoms with Crippen LogP contribution < -0.4 is 9.62 Å². The Morgan fingerprint density at radius 1 is 1.28 bits per heavy atom. The zero-order valence-electron chi connectivity index (χ0n) is 13.5. The van der Waals surface area contributed by atoms with Gasteiger partial charge in [0, 0.05) is 19.6 Å². The molecular weight excluding hydrogens is 350 g/mol. The first-order chi connectivity index (χ1) is 11.8. The first-order valence-electron chi connectivity index (χ1n) is 7.63. The van der Waals surface area contributed by atoms with Crippen LogP contribution in [0.5, 0.6) is 0 Å². The van der Waals surface area contributed by atoms with E-state index < -0.39 is 34.5 Å². The summed E-state index contributed by atoms with van der Waals surface area (Å²) in [5, 5.41) is 2.49. The quantitative estimate of drug-likeness (QED) is 0.732. The summed E-state index contributed by atoms with van der Waals surface area (Å²) < 4.78 is 29.7. The standard InChI is InChI=1S/C15H17N3O6S/c1-25(22,23)18-6-4-10-8-11(2-3-12(10)18)14(20)24-9-13(19)17-7-5-16-15(17)21/h2-3,8H,4-7,9H2,1H3,(H,16,21). The van der Waals surface area contributed by atoms with E-state index in [9.17, 15) is 22.8 Å². The van der Waals surface area contributed by atoms with Gasteiger partial charge in [-0.25, -0.2) is 18.0 Å². The van der Waals surface area contributed by atoms with Crippen molar-refractivity contribution in [3.8, 4) is 0 Å². The molecule has 2 aliphatic heterocycles. The molecule has 0 atom stereocenters. The Balaban J connectivity index is 1.66. The molecule has 25 heavy (non-hydrogen) atoms. The Labute approximate surface area is 144 Å². The Hall–Kier alpha value is -2.62. The molecule has 10 heteroatoms. The highest BCUT2D eigenvalue weighted by Crippen LogP contribution is 2.30. The van der Waals surface area contributed by atoms with E-state index in [1.807, 2.05) is 0 Å². The summed E-state index contributed by atoms with van der Waals surface area (Å²) in [6.45, 7) is 0.420. The van der Waals surface area contributed by atoms with Gasteiger partial charge in [-0.2, -0.15) is 0 Å². The maximum Gasteiger partial charge on any atom is 0.338 e. The molecular formula is C15H17N3O6S. The molecule has 0 unspecified atom stereocenters. The maximum absolute atomic E-state index is 12.1. The number of sulfonamides is 1. The number of nitrogens with zero attached hydrogens (tertiary/aromatic N) is 2. The normalized spacial score (nSPS) is 16.6. The van der Waals surface area contributed by atoms with Crippen molar-refractivity contribution in [3.63, 3.8) is 0 Å². The SMILES string of the molecule is CS(=O)(=O)N1CCc2cc(C(=O)OCC(=O)N3CCNC3=O)ccc21. The molecule has 2 aliphatic rings. The molecule has 1 fully saturated rings. The van der Waals surface area contributed by atoms with Crippen LogP contribution in [-0.4, -0.2) is 63.7 Å². The van der Waals surface area contributed by atoms with Gasteiger partial charge < -0.3 is 10.1 Å². The van der Waals surface area contributed by atoms with Crippen LogP contribution in [0.3, 0.4) is 0 Å². The number of benzene rings is 1. The monoisotopic (exact) mass is 367 g/mol. The molecule has 0 aliphatic carbocycles. The van der Waals surface area contributed by atoms with Crippen molar-refractivity contribution < 1.29 is 27.5 Å². The van der Waals surface area contributed by atoms with Crippen molar-refractivity contribution in [3.05, 3.63) is 29.3 Å². The minimum Gasteiger partial charge on any atom is -0.452 e. The van der Waals surface area contributed by atoms with Crippen molar-refractivity contribution in [2.75, 3.05) is 36.8 Å². The molecule has 0 radical (unpaired) electrons. The van der Waals surface area contributed by atoms with Crippen LogP contribution in [0.15, 0.2) is 18.2 Å². The molecule has 2 heterocycles. The fourth-order valence-electron chi connectivity index (χ4n) is 2.84. The molecule has 1 N–H and O–H groups in total. The minimum atomic E-state index is -3.36. The van der Waals surface area contributed by atoms with Crippen LogP contribution in [0.4, 0.5) is 10.5 Å². The lowest BCUT2D eigenvalue weighted by Crippen LogP contribution is -2.37. The number of hydrogen-bond donors (Lipinski definition) is 1. The topological polar surface area (TPSA) is 113 Å². The van der Waals surface area contributed by atoms with E-state index in [1.54, 1.807) is 12.1 Å². The lowest BCUT2D eigenvalue weighted by molar-refractivity contribution is -0.130. The van der Waals surface area contributed by atoms with Crippen LogP contribution >= 0.6 is 0 Å². The molecule has 134 valence electrons. The number of esters is 1. The predicted octanol–water partition coefficient (Wildman–Crippen LogP) is -0.283. The van der Waals surface area contributed by atoms with Gasteiger partial charge in [-0.05, 0) is 30.2 Å². The van der Waals surface area contributed by atoms with E-state index in [2.05, 4.69) is 5.32 Å². The number of fused-ring (bicyclic) bond motifs is 1. The third-order valence-corrected chi connectivity index (χ3v) is 5.23. The van der Waals surface area contributed by atoms with E-state index in [0.717, 1.165) is 16.7 Å². The zero-order chi connectivity index (χ0) is 18.2. The van der Waals surface area contributed by atoms with Gasteiger partial charge in [0.25, 0.3) is 5.91 Å². The Morgan fingerprint density at radius 3 is 2.68 bits per heavy atom. The van der Waals surface area contributed by atoms with Gasteiger partial charge in [0.05, 0.1) is 17.5 Å². The third-order valence-electron chi connectivity index (χ3n) is 4.05. The number of ether oxygens (including phenoxy) is 1. The van der Waals surface area contributed by atoms with Crippen LogP contribution in [0.25, 0.3) is 0 Å². The van der Waals surface area contributed by atoms with E-state index in [-0.39, 0.29) is 12.1 Å². The van der Waals surface area contributed by atoms with Gasteiger partial charge in [0.1, 0.15) is 0 Å². The number of carbonyl (C=O) groups is 3. The first-order valence-corrected chi connectivity index (χ1v) is 9.48. The number of imide groups is 1. The number of carbonyl (C=O) groups excluding carboxylic acids is 3. The fraction of sp³-hybridized carbons (Fsp3) is 0.400. The summed E-state index contributed by atoms with van der Waals surface area (Å²) in [6, 6.07) is 4.07. The van der Waals surface area contributed by atoms with Crippen molar-refractivity contribution in [1.29, 1.82) is 0 Å². The molecule has 9 nitrogen and oxygen atoms in total. The molecule has 0 saturated carbocycles. The van der Waals surface area contributed by atoms with E-state index >= 15 is 0 Å². The highest BCUT2D eigenvalue weighted by molar-refractivity contribution is 7.92. The van der Waals surface area contributed by atoms with Gasteiger partial charge in [-0.1, -0.05) is 0 Å². The lowest BCUT2D eigenvalue weighted by atomic mass is 10.1. The molecule has 1 aromatic rings. The highest BCUT2D eigenvalue weighted by atomic mass is 32.2. The van der Waals surface area contributed by atoms with E-state index in [0.29, 0.717) is 25.2 Å². The summed E-state index contributed by atoms with van der Waals surface area (Å²) in [7, 11) is -3.36. The highest BCUT2D eigenvalue weighted by Gasteiger charge is 2.28. The van der Waals surface area contributed by atoms with Crippen LogP contribution in [-0.2, 0) is 26.0 Å². The molecule has 0 aromatic heterocycles. The summed E-state index contributed by atoms with van der Waals surface area (Å²) in [4.78, 5) is 36.3. The van der Waals surface area contributed by atoms with Crippen LogP contribution in [0.2, 0.25) is 0 Å². The average Bonchev–Trinajstić information content (AvgIpc) is 3.17. The summed E-state index contributed by atoms with van der Waals surface area (Å²) in [5.41, 5.74) is 1.50. The van der Waals surface area contributed by atoms with Crippen LogP contribution in [0.1, 0.15) is 15.9 Å². The van der Waals surface area contributed by atoms with Crippen molar-refractivity contribution >= 4 is 33.6 Å². The van der Waals surface area contributed by atoms with Gasteiger partial charge in [-0.15, -0.1) is 0 Å². The lowest BCUT2D eigenvalue weighted by Gasteiger charge is -2.16. The van der Waals surface area contributed by atoms with Crippen molar-refractivity contribution in [1.82, 2.24) is 10.2 Å². The summed E-state index contributed by atoms with van der Waals surface area (Å²) in [6.07, 6.45) is 1.63. The zero-order valence-corrected chi connectivity index (χ0v) is 14.3. The van der Waals surface area contributed by atoms with E-state index in [4.69, 9.17) is 4.74 Å². The third kappa shape index (κ3) is 3.43. The summed E-state index contributed by atoms with van der Waals surface area (Å²) >= 11 is 0. The second-order valence-corrected chi connectivity index (χ2v) is 7.69. The largest absolute Gasteiger partial charge is 0.452 e. The number of nitrogens with one attached hydrogen (secondary N) is 1. The molecule has 3 amide bonds. The first kappa shape index (κ1) is 17.2. The fourth-order valence-corrected chi connectivity index (χ4v) is 3.80. The predicted molar refractivity (Wildman–Crippen MR) is 87.7 cm³/mol. The van der Waals surface area contributed by atoms with Gasteiger partial charge in [0.15, 0.2) is 6.61 Å². The Bertz CT molecular complexity index is 851. The number of anilines is 1. The molecule has 3 rings (SSSR count). The second-order valence-electron chi connectivity index (χ2n) is 5.78. The number of amides is 3. The van der Waals surface area contributed by atoms with Crippen molar-refractivity contribution in [2.24, 2.45) is 0 Å². The average molecular weight is 367 g/mol. The number of hydrogen-bond acceptors (Lipinski definition) is 6. The van der Waals surface area contributed by atoms with Gasteiger partial charge >= 0.3 is 12.0 Å². The molecule has 0 bridgehead atoms. The van der Waals surface area contributed by atoms with Crippen molar-refractivity contribution in [2.45, 2.75) is 6.42 Å². The van der Waals surface area contributed by atoms with Gasteiger partial charge in [0.2, 0.25) is 10.0 Å². The molecule has 1 saturated heterocycles. The molecule has 1 aromatic carbocycles. The molecule has 0 spiro atoms. The number of rotatable bonds is 4. The van der Waals surface area contributed by atoms with E-state index in [1.165, 1.54) is 10.4 Å². The minimum absolute atomic E-state index is 0.229. The smallest absolute Gasteiger partial charge is 0.338 e. The second kappa shape index (κ2) is 6.36. The summed E-state index contributed by atoms with van der Waals surface area (Å²) in [5.74, 6) is -1.29. The Kier molecular flexibility index (Phi) is 4.38. The van der Waals surface area contributed by atoms with Gasteiger partial charge in [-0.3, -0.25) is 14.0 Å². The maximum atomic E-state index is 12.1. The Morgan fingerprint density at radius 2 is 2.04 bits per heavy atom. The van der Waals surface area contributed by atoms with Crippen LogP contribution in [0, 0.1) is 0 Å².